The maximum absolute atomic E-state index is 5.57. The van der Waals surface area contributed by atoms with Crippen molar-refractivity contribution in [2.24, 2.45) is 0 Å². The van der Waals surface area contributed by atoms with E-state index in [2.05, 4.69) is 15.3 Å². The Morgan fingerprint density at radius 2 is 2.39 bits per heavy atom. The molecule has 0 amide bonds. The van der Waals surface area contributed by atoms with Crippen molar-refractivity contribution in [3.63, 3.8) is 0 Å². The predicted octanol–water partition coefficient (Wildman–Crippen LogP) is 1.78. The average Bonchev–Trinajstić information content (AvgIpc) is 3.03. The van der Waals surface area contributed by atoms with E-state index in [0.717, 1.165) is 30.0 Å². The van der Waals surface area contributed by atoms with Gasteiger partial charge in [0.05, 0.1) is 17.6 Å². The Kier molecular flexibility index (Phi) is 2.93. The van der Waals surface area contributed by atoms with E-state index in [0.29, 0.717) is 13.2 Å². The van der Waals surface area contributed by atoms with Crippen LogP contribution in [0.15, 0.2) is 24.3 Å². The molecule has 0 bridgehead atoms. The van der Waals surface area contributed by atoms with Gasteiger partial charge < -0.3 is 19.8 Å². The van der Waals surface area contributed by atoms with Gasteiger partial charge in [-0.1, -0.05) is 12.1 Å². The Bertz CT molecular complexity index is 499. The molecule has 1 saturated heterocycles. The molecule has 1 atom stereocenters. The molecular formula is C13H17N3O2. The van der Waals surface area contributed by atoms with Gasteiger partial charge in [-0.3, -0.25) is 0 Å². The van der Waals surface area contributed by atoms with Crippen molar-refractivity contribution in [2.75, 3.05) is 32.2 Å². The van der Waals surface area contributed by atoms with Gasteiger partial charge in [-0.05, 0) is 12.1 Å². The quantitative estimate of drug-likeness (QED) is 0.864. The van der Waals surface area contributed by atoms with Crippen molar-refractivity contribution in [3.05, 3.63) is 24.3 Å². The first-order valence-corrected chi connectivity index (χ1v) is 6.13. The van der Waals surface area contributed by atoms with Gasteiger partial charge in [-0.2, -0.15) is 0 Å². The van der Waals surface area contributed by atoms with Gasteiger partial charge in [0.15, 0.2) is 0 Å². The standard InChI is InChI=1S/C13H17N3O2/c1-17-13(6-7-18-9-13)8-14-12-15-10-4-2-3-5-11(10)16-12/h2-5H,6-9H2,1H3,(H2,14,15,16). The molecule has 3 rings (SSSR count). The second-order valence-electron chi connectivity index (χ2n) is 4.65. The van der Waals surface area contributed by atoms with Crippen molar-refractivity contribution in [1.82, 2.24) is 9.97 Å². The molecule has 18 heavy (non-hydrogen) atoms. The molecule has 0 radical (unpaired) electrons. The summed E-state index contributed by atoms with van der Waals surface area (Å²) in [5.74, 6) is 0.777. The molecule has 5 nitrogen and oxygen atoms in total. The molecule has 1 fully saturated rings. The maximum Gasteiger partial charge on any atom is 0.201 e. The van der Waals surface area contributed by atoms with Crippen molar-refractivity contribution < 1.29 is 9.47 Å². The van der Waals surface area contributed by atoms with Crippen LogP contribution in [0.1, 0.15) is 6.42 Å². The molecule has 0 aliphatic carbocycles. The lowest BCUT2D eigenvalue weighted by Crippen LogP contribution is -2.39. The lowest BCUT2D eigenvalue weighted by atomic mass is 10.0. The molecule has 1 aliphatic rings. The van der Waals surface area contributed by atoms with Gasteiger partial charge in [-0.25, -0.2) is 4.98 Å². The summed E-state index contributed by atoms with van der Waals surface area (Å²) in [5, 5.41) is 3.30. The number of imidazole rings is 1. The Morgan fingerprint density at radius 1 is 1.50 bits per heavy atom. The molecule has 2 heterocycles. The fraction of sp³-hybridized carbons (Fsp3) is 0.462. The number of aromatic nitrogens is 2. The third kappa shape index (κ3) is 2.07. The summed E-state index contributed by atoms with van der Waals surface area (Å²) in [7, 11) is 1.73. The summed E-state index contributed by atoms with van der Waals surface area (Å²) in [5.41, 5.74) is 1.78. The zero-order chi connectivity index (χ0) is 12.4. The summed E-state index contributed by atoms with van der Waals surface area (Å²) in [6.45, 7) is 2.09. The van der Waals surface area contributed by atoms with E-state index >= 15 is 0 Å². The molecular weight excluding hydrogens is 230 g/mol. The minimum atomic E-state index is -0.223. The van der Waals surface area contributed by atoms with E-state index in [1.807, 2.05) is 24.3 Å². The number of para-hydroxylation sites is 2. The third-order valence-corrected chi connectivity index (χ3v) is 3.47. The number of methoxy groups -OCH3 is 1. The van der Waals surface area contributed by atoms with Gasteiger partial charge in [0, 0.05) is 26.7 Å². The zero-order valence-corrected chi connectivity index (χ0v) is 10.4. The minimum absolute atomic E-state index is 0.223. The van der Waals surface area contributed by atoms with Gasteiger partial charge in [0.2, 0.25) is 5.95 Å². The highest BCUT2D eigenvalue weighted by Gasteiger charge is 2.34. The van der Waals surface area contributed by atoms with Crippen LogP contribution in [0.3, 0.4) is 0 Å². The number of hydrogen-bond donors (Lipinski definition) is 2. The summed E-state index contributed by atoms with van der Waals surface area (Å²) < 4.78 is 11.0. The summed E-state index contributed by atoms with van der Waals surface area (Å²) in [4.78, 5) is 7.72. The van der Waals surface area contributed by atoms with E-state index in [4.69, 9.17) is 9.47 Å². The molecule has 1 aromatic heterocycles. The second kappa shape index (κ2) is 4.59. The third-order valence-electron chi connectivity index (χ3n) is 3.47. The number of anilines is 1. The minimum Gasteiger partial charge on any atom is -0.378 e. The number of ether oxygens (including phenoxy) is 2. The fourth-order valence-corrected chi connectivity index (χ4v) is 2.24. The largest absolute Gasteiger partial charge is 0.378 e. The van der Waals surface area contributed by atoms with Crippen molar-refractivity contribution in [3.8, 4) is 0 Å². The van der Waals surface area contributed by atoms with Crippen LogP contribution in [0.25, 0.3) is 11.0 Å². The highest BCUT2D eigenvalue weighted by atomic mass is 16.5. The number of nitrogens with zero attached hydrogens (tertiary/aromatic N) is 1. The summed E-state index contributed by atoms with van der Waals surface area (Å²) >= 11 is 0. The van der Waals surface area contributed by atoms with Crippen LogP contribution >= 0.6 is 0 Å². The summed E-state index contributed by atoms with van der Waals surface area (Å²) in [6, 6.07) is 7.97. The smallest absolute Gasteiger partial charge is 0.201 e. The van der Waals surface area contributed by atoms with Crippen LogP contribution in [0.4, 0.5) is 5.95 Å². The molecule has 2 aromatic rings. The number of aromatic amines is 1. The molecule has 2 N–H and O–H groups in total. The molecule has 0 spiro atoms. The van der Waals surface area contributed by atoms with Crippen LogP contribution in [0.2, 0.25) is 0 Å². The van der Waals surface area contributed by atoms with E-state index in [1.165, 1.54) is 0 Å². The Hall–Kier alpha value is -1.59. The first-order valence-electron chi connectivity index (χ1n) is 6.13. The Morgan fingerprint density at radius 3 is 3.11 bits per heavy atom. The topological polar surface area (TPSA) is 59.2 Å². The van der Waals surface area contributed by atoms with Crippen molar-refractivity contribution in [2.45, 2.75) is 12.0 Å². The average molecular weight is 247 g/mol. The molecule has 1 aromatic carbocycles. The Labute approximate surface area is 106 Å². The lowest BCUT2D eigenvalue weighted by Gasteiger charge is -2.25. The number of fused-ring (bicyclic) bond motifs is 1. The van der Waals surface area contributed by atoms with Gasteiger partial charge in [-0.15, -0.1) is 0 Å². The summed E-state index contributed by atoms with van der Waals surface area (Å²) in [6.07, 6.45) is 0.913. The van der Waals surface area contributed by atoms with Gasteiger partial charge in [0.1, 0.15) is 5.60 Å². The van der Waals surface area contributed by atoms with E-state index < -0.39 is 0 Å². The van der Waals surface area contributed by atoms with Crippen LogP contribution in [0, 0.1) is 0 Å². The van der Waals surface area contributed by atoms with E-state index in [-0.39, 0.29) is 5.60 Å². The molecule has 1 aliphatic heterocycles. The number of rotatable bonds is 4. The molecule has 1 unspecified atom stereocenters. The SMILES string of the molecule is COC1(CNc2nc3ccccc3[nH]2)CCOC1. The predicted molar refractivity (Wildman–Crippen MR) is 69.8 cm³/mol. The number of benzene rings is 1. The van der Waals surface area contributed by atoms with E-state index in [1.54, 1.807) is 7.11 Å². The van der Waals surface area contributed by atoms with E-state index in [9.17, 15) is 0 Å². The number of nitrogens with one attached hydrogen (secondary N) is 2. The maximum atomic E-state index is 5.57. The van der Waals surface area contributed by atoms with Gasteiger partial charge in [0.25, 0.3) is 0 Å². The van der Waals surface area contributed by atoms with Crippen molar-refractivity contribution in [1.29, 1.82) is 0 Å². The van der Waals surface area contributed by atoms with Gasteiger partial charge >= 0.3 is 0 Å². The highest BCUT2D eigenvalue weighted by Crippen LogP contribution is 2.23. The Balaban J connectivity index is 1.72. The first-order chi connectivity index (χ1) is 8.81. The fourth-order valence-electron chi connectivity index (χ4n) is 2.24. The number of hydrogen-bond acceptors (Lipinski definition) is 4. The lowest BCUT2D eigenvalue weighted by molar-refractivity contribution is -0.00629. The molecule has 96 valence electrons. The normalized spacial score (nSPS) is 23.6. The molecule has 5 heteroatoms. The highest BCUT2D eigenvalue weighted by molar-refractivity contribution is 5.77. The zero-order valence-electron chi connectivity index (χ0n) is 10.4. The van der Waals surface area contributed by atoms with Crippen molar-refractivity contribution >= 4 is 17.0 Å². The van der Waals surface area contributed by atoms with Crippen LogP contribution in [-0.2, 0) is 9.47 Å². The second-order valence-corrected chi connectivity index (χ2v) is 4.65. The first kappa shape index (κ1) is 11.5. The number of H-pyrrole nitrogens is 1. The van der Waals surface area contributed by atoms with Crippen LogP contribution < -0.4 is 5.32 Å². The monoisotopic (exact) mass is 247 g/mol. The van der Waals surface area contributed by atoms with Crippen LogP contribution in [-0.4, -0.2) is 42.4 Å². The van der Waals surface area contributed by atoms with Crippen LogP contribution in [0.5, 0.6) is 0 Å². The molecule has 0 saturated carbocycles.